The van der Waals surface area contributed by atoms with Gasteiger partial charge in [-0.2, -0.15) is 0 Å². The molecule has 25 heavy (non-hydrogen) atoms. The molecule has 0 radical (unpaired) electrons. The topological polar surface area (TPSA) is 38.3 Å². The van der Waals surface area contributed by atoms with Crippen molar-refractivity contribution in [2.24, 2.45) is 0 Å². The van der Waals surface area contributed by atoms with E-state index < -0.39 is 6.10 Å². The fourth-order valence-electron chi connectivity index (χ4n) is 2.75. The molecule has 0 heterocycles. The number of nitrogens with one attached hydrogen (secondary N) is 1. The highest BCUT2D eigenvalue weighted by Gasteiger charge is 2.21. The van der Waals surface area contributed by atoms with Crippen LogP contribution in [0.25, 0.3) is 0 Å². The number of amides is 1. The molecular weight excluding hydrogens is 310 g/mol. The van der Waals surface area contributed by atoms with Gasteiger partial charge in [-0.1, -0.05) is 37.3 Å². The van der Waals surface area contributed by atoms with Gasteiger partial charge in [-0.25, -0.2) is 0 Å². The first-order valence-electron chi connectivity index (χ1n) is 8.93. The number of hydrogen-bond donors (Lipinski definition) is 1. The van der Waals surface area contributed by atoms with Crippen molar-refractivity contribution in [1.82, 2.24) is 5.32 Å². The summed E-state index contributed by atoms with van der Waals surface area (Å²) in [5, 5.41) is 3.08. The maximum atomic E-state index is 12.7. The van der Waals surface area contributed by atoms with E-state index in [-0.39, 0.29) is 11.9 Å². The van der Waals surface area contributed by atoms with Crippen molar-refractivity contribution < 1.29 is 9.53 Å². The average molecular weight is 339 g/mol. The summed E-state index contributed by atoms with van der Waals surface area (Å²) >= 11 is 0. The van der Waals surface area contributed by atoms with E-state index in [1.807, 2.05) is 45.9 Å². The van der Waals surface area contributed by atoms with Crippen LogP contribution >= 0.6 is 0 Å². The first-order valence-corrected chi connectivity index (χ1v) is 8.93. The minimum absolute atomic E-state index is 0.0527. The van der Waals surface area contributed by atoms with Crippen LogP contribution in [-0.2, 0) is 4.79 Å². The molecule has 134 valence electrons. The van der Waals surface area contributed by atoms with E-state index >= 15 is 0 Å². The largest absolute Gasteiger partial charge is 0.480 e. The lowest BCUT2D eigenvalue weighted by molar-refractivity contribution is -0.128. The van der Waals surface area contributed by atoms with Crippen LogP contribution in [0.15, 0.2) is 36.4 Å². The SMILES string of the molecule is CC[C@H](Oc1cccc(C)c1C)C(=O)N[C@@H](C)c1ccc(C)c(C)c1. The fourth-order valence-corrected chi connectivity index (χ4v) is 2.75. The number of hydrogen-bond acceptors (Lipinski definition) is 2. The van der Waals surface area contributed by atoms with E-state index in [9.17, 15) is 4.79 Å². The normalized spacial score (nSPS) is 13.2. The van der Waals surface area contributed by atoms with Crippen molar-refractivity contribution in [3.05, 3.63) is 64.2 Å². The molecule has 0 aromatic heterocycles. The van der Waals surface area contributed by atoms with Gasteiger partial charge in [0, 0.05) is 0 Å². The quantitative estimate of drug-likeness (QED) is 0.808. The van der Waals surface area contributed by atoms with Crippen LogP contribution in [0.5, 0.6) is 5.75 Å². The van der Waals surface area contributed by atoms with Crippen molar-refractivity contribution >= 4 is 5.91 Å². The van der Waals surface area contributed by atoms with Crippen LogP contribution in [0.2, 0.25) is 0 Å². The Morgan fingerprint density at radius 2 is 1.76 bits per heavy atom. The van der Waals surface area contributed by atoms with Gasteiger partial charge in [-0.3, -0.25) is 4.79 Å². The summed E-state index contributed by atoms with van der Waals surface area (Å²) < 4.78 is 6.00. The number of carbonyl (C=O) groups is 1. The number of rotatable bonds is 6. The molecule has 0 saturated heterocycles. The fraction of sp³-hybridized carbons (Fsp3) is 0.409. The predicted molar refractivity (Wildman–Crippen MR) is 103 cm³/mol. The second-order valence-electron chi connectivity index (χ2n) is 6.79. The van der Waals surface area contributed by atoms with Crippen molar-refractivity contribution in [3.63, 3.8) is 0 Å². The van der Waals surface area contributed by atoms with Gasteiger partial charge in [0.2, 0.25) is 0 Å². The molecule has 3 nitrogen and oxygen atoms in total. The highest BCUT2D eigenvalue weighted by atomic mass is 16.5. The molecule has 0 bridgehead atoms. The van der Waals surface area contributed by atoms with Gasteiger partial charge in [0.15, 0.2) is 6.10 Å². The Labute approximate surface area is 151 Å². The molecular formula is C22H29NO2. The van der Waals surface area contributed by atoms with E-state index in [4.69, 9.17) is 4.74 Å². The van der Waals surface area contributed by atoms with Crippen LogP contribution in [0.1, 0.15) is 54.1 Å². The number of benzene rings is 2. The van der Waals surface area contributed by atoms with Crippen LogP contribution in [0.4, 0.5) is 0 Å². The van der Waals surface area contributed by atoms with Crippen LogP contribution in [-0.4, -0.2) is 12.0 Å². The average Bonchev–Trinajstić information content (AvgIpc) is 2.58. The van der Waals surface area contributed by atoms with E-state index in [2.05, 4.69) is 37.4 Å². The summed E-state index contributed by atoms with van der Waals surface area (Å²) in [6, 6.07) is 12.2. The molecule has 2 aromatic carbocycles. The minimum atomic E-state index is -0.491. The number of aryl methyl sites for hydroxylation is 3. The first kappa shape index (κ1) is 19.0. The Kier molecular flexibility index (Phi) is 6.24. The van der Waals surface area contributed by atoms with Gasteiger partial charge in [0.25, 0.3) is 5.91 Å². The molecule has 0 spiro atoms. The summed E-state index contributed by atoms with van der Waals surface area (Å²) in [6.45, 7) is 12.2. The van der Waals surface area contributed by atoms with Gasteiger partial charge in [-0.05, 0) is 74.9 Å². The third-order valence-corrected chi connectivity index (χ3v) is 4.88. The van der Waals surface area contributed by atoms with Crippen molar-refractivity contribution in [2.45, 2.75) is 60.1 Å². The Morgan fingerprint density at radius 1 is 1.04 bits per heavy atom. The van der Waals surface area contributed by atoms with E-state index in [1.165, 1.54) is 11.1 Å². The standard InChI is InChI=1S/C22H29NO2/c1-7-20(25-21-10-8-9-15(3)17(21)5)22(24)23-18(6)19-12-11-14(2)16(4)13-19/h8-13,18,20H,7H2,1-6H3,(H,23,24)/t18-,20-/m0/s1. The van der Waals surface area contributed by atoms with E-state index in [0.717, 1.165) is 22.4 Å². The third kappa shape index (κ3) is 4.62. The summed E-state index contributed by atoms with van der Waals surface area (Å²) in [6.07, 6.45) is 0.133. The van der Waals surface area contributed by atoms with Crippen molar-refractivity contribution in [2.75, 3.05) is 0 Å². The van der Waals surface area contributed by atoms with Gasteiger partial charge in [0.1, 0.15) is 5.75 Å². The van der Waals surface area contributed by atoms with Gasteiger partial charge in [-0.15, -0.1) is 0 Å². The lowest BCUT2D eigenvalue weighted by atomic mass is 10.0. The molecule has 2 atom stereocenters. The molecule has 1 N–H and O–H groups in total. The summed E-state index contributed by atoms with van der Waals surface area (Å²) in [4.78, 5) is 12.7. The van der Waals surface area contributed by atoms with Crippen LogP contribution in [0, 0.1) is 27.7 Å². The maximum absolute atomic E-state index is 12.7. The lowest BCUT2D eigenvalue weighted by Gasteiger charge is -2.22. The Hall–Kier alpha value is -2.29. The van der Waals surface area contributed by atoms with E-state index in [1.54, 1.807) is 0 Å². The maximum Gasteiger partial charge on any atom is 0.261 e. The zero-order valence-corrected chi connectivity index (χ0v) is 16.1. The summed E-state index contributed by atoms with van der Waals surface area (Å²) in [7, 11) is 0. The molecule has 0 unspecified atom stereocenters. The van der Waals surface area contributed by atoms with Gasteiger partial charge < -0.3 is 10.1 Å². The zero-order chi connectivity index (χ0) is 18.6. The third-order valence-electron chi connectivity index (χ3n) is 4.88. The minimum Gasteiger partial charge on any atom is -0.480 e. The summed E-state index contributed by atoms with van der Waals surface area (Å²) in [5.41, 5.74) is 5.84. The molecule has 1 amide bonds. The predicted octanol–water partition coefficient (Wildman–Crippen LogP) is 4.96. The summed E-state index contributed by atoms with van der Waals surface area (Å²) in [5.74, 6) is 0.704. The molecule has 0 saturated carbocycles. The first-order chi connectivity index (χ1) is 11.8. The van der Waals surface area contributed by atoms with Gasteiger partial charge in [0.05, 0.1) is 6.04 Å². The molecule has 0 aliphatic rings. The Morgan fingerprint density at radius 3 is 2.40 bits per heavy atom. The molecule has 0 aliphatic carbocycles. The molecule has 2 aromatic rings. The Bertz CT molecular complexity index is 752. The molecule has 2 rings (SSSR count). The molecule has 0 aliphatic heterocycles. The number of ether oxygens (including phenoxy) is 1. The monoisotopic (exact) mass is 339 g/mol. The second-order valence-corrected chi connectivity index (χ2v) is 6.79. The van der Waals surface area contributed by atoms with E-state index in [0.29, 0.717) is 6.42 Å². The smallest absolute Gasteiger partial charge is 0.261 e. The highest BCUT2D eigenvalue weighted by molar-refractivity contribution is 5.81. The molecule has 0 fully saturated rings. The number of carbonyl (C=O) groups excluding carboxylic acids is 1. The van der Waals surface area contributed by atoms with Crippen LogP contribution in [0.3, 0.4) is 0 Å². The highest BCUT2D eigenvalue weighted by Crippen LogP contribution is 2.23. The van der Waals surface area contributed by atoms with Crippen molar-refractivity contribution in [1.29, 1.82) is 0 Å². The van der Waals surface area contributed by atoms with Crippen LogP contribution < -0.4 is 10.1 Å². The lowest BCUT2D eigenvalue weighted by Crippen LogP contribution is -2.39. The Balaban J connectivity index is 2.08. The zero-order valence-electron chi connectivity index (χ0n) is 16.1. The second kappa shape index (κ2) is 8.19. The van der Waals surface area contributed by atoms with Crippen molar-refractivity contribution in [3.8, 4) is 5.75 Å². The van der Waals surface area contributed by atoms with Gasteiger partial charge >= 0.3 is 0 Å². The molecule has 3 heteroatoms.